The second kappa shape index (κ2) is 11.1. The van der Waals surface area contributed by atoms with Crippen LogP contribution >= 0.6 is 24.0 Å². The molecule has 2 aromatic rings. The Morgan fingerprint density at radius 2 is 1.72 bits per heavy atom. The Balaban J connectivity index is 0.00000420. The molecule has 0 aliphatic heterocycles. The topological polar surface area (TPSA) is 65.5 Å². The van der Waals surface area contributed by atoms with E-state index in [0.717, 1.165) is 23.8 Å². The van der Waals surface area contributed by atoms with E-state index < -0.39 is 11.6 Å². The van der Waals surface area contributed by atoms with Gasteiger partial charge in [-0.25, -0.2) is 8.78 Å². The van der Waals surface area contributed by atoms with Crippen molar-refractivity contribution in [2.24, 2.45) is 4.99 Å². The van der Waals surface area contributed by atoms with Crippen molar-refractivity contribution < 1.29 is 13.6 Å². The summed E-state index contributed by atoms with van der Waals surface area (Å²) in [7, 11) is 1.59. The van der Waals surface area contributed by atoms with Gasteiger partial charge in [-0.2, -0.15) is 0 Å². The lowest BCUT2D eigenvalue weighted by molar-refractivity contribution is 0.0919. The van der Waals surface area contributed by atoms with Crippen molar-refractivity contribution in [2.45, 2.75) is 39.4 Å². The highest BCUT2D eigenvalue weighted by atomic mass is 127. The average molecular weight is 516 g/mol. The van der Waals surface area contributed by atoms with Crippen LogP contribution in [0.4, 0.5) is 8.78 Å². The van der Waals surface area contributed by atoms with Crippen LogP contribution in [0.15, 0.2) is 47.5 Å². The minimum atomic E-state index is -0.494. The molecule has 0 bridgehead atoms. The fourth-order valence-electron chi connectivity index (χ4n) is 2.50. The lowest BCUT2D eigenvalue weighted by atomic mass is 10.1. The largest absolute Gasteiger partial charge is 0.352 e. The Morgan fingerprint density at radius 1 is 1.03 bits per heavy atom. The van der Waals surface area contributed by atoms with Gasteiger partial charge in [0, 0.05) is 36.8 Å². The highest BCUT2D eigenvalue weighted by Gasteiger charge is 2.15. The molecule has 3 N–H and O–H groups in total. The number of hydrogen-bond donors (Lipinski definition) is 3. The number of aliphatic imine (C=N–C) groups is 1. The predicted octanol–water partition coefficient (Wildman–Crippen LogP) is 3.98. The quantitative estimate of drug-likeness (QED) is 0.320. The van der Waals surface area contributed by atoms with Crippen LogP contribution in [0, 0.1) is 11.6 Å². The molecule has 2 rings (SSSR count). The molecule has 0 fully saturated rings. The molecule has 8 heteroatoms. The van der Waals surface area contributed by atoms with Gasteiger partial charge in [-0.05, 0) is 56.7 Å². The van der Waals surface area contributed by atoms with E-state index in [1.165, 1.54) is 0 Å². The summed E-state index contributed by atoms with van der Waals surface area (Å²) in [6.45, 7) is 6.29. The third kappa shape index (κ3) is 8.35. The zero-order valence-corrected chi connectivity index (χ0v) is 19.3. The van der Waals surface area contributed by atoms with Gasteiger partial charge in [0.1, 0.15) is 11.6 Å². The van der Waals surface area contributed by atoms with Crippen LogP contribution < -0.4 is 16.0 Å². The zero-order chi connectivity index (χ0) is 20.7. The third-order valence-corrected chi connectivity index (χ3v) is 3.82. The van der Waals surface area contributed by atoms with E-state index in [4.69, 9.17) is 0 Å². The van der Waals surface area contributed by atoms with E-state index in [2.05, 4.69) is 20.9 Å². The number of benzene rings is 2. The van der Waals surface area contributed by atoms with Crippen molar-refractivity contribution in [3.8, 4) is 0 Å². The molecule has 0 aromatic heterocycles. The summed E-state index contributed by atoms with van der Waals surface area (Å²) in [5.74, 6) is -0.681. The highest BCUT2D eigenvalue weighted by molar-refractivity contribution is 14.0. The number of amides is 1. The van der Waals surface area contributed by atoms with E-state index in [1.54, 1.807) is 19.2 Å². The van der Waals surface area contributed by atoms with Crippen LogP contribution in [-0.2, 0) is 13.1 Å². The normalized spacial score (nSPS) is 11.4. The highest BCUT2D eigenvalue weighted by Crippen LogP contribution is 2.10. The molecule has 0 spiro atoms. The Labute approximate surface area is 187 Å². The summed E-state index contributed by atoms with van der Waals surface area (Å²) in [6.07, 6.45) is 0. The average Bonchev–Trinajstić information content (AvgIpc) is 2.63. The van der Waals surface area contributed by atoms with Crippen LogP contribution in [0.5, 0.6) is 0 Å². The lowest BCUT2D eigenvalue weighted by Gasteiger charge is -2.20. The number of guanidine groups is 1. The van der Waals surface area contributed by atoms with E-state index in [-0.39, 0.29) is 47.5 Å². The van der Waals surface area contributed by atoms with E-state index >= 15 is 0 Å². The summed E-state index contributed by atoms with van der Waals surface area (Å²) in [5, 5.41) is 8.97. The Hall–Kier alpha value is -2.23. The maximum absolute atomic E-state index is 13.7. The summed E-state index contributed by atoms with van der Waals surface area (Å²) in [4.78, 5) is 16.4. The van der Waals surface area contributed by atoms with E-state index in [1.807, 2.05) is 32.9 Å². The van der Waals surface area contributed by atoms with Crippen molar-refractivity contribution in [1.29, 1.82) is 0 Å². The summed E-state index contributed by atoms with van der Waals surface area (Å²) in [5.41, 5.74) is 1.35. The van der Waals surface area contributed by atoms with Crippen LogP contribution in [-0.4, -0.2) is 24.5 Å². The molecule has 0 saturated carbocycles. The van der Waals surface area contributed by atoms with Gasteiger partial charge >= 0.3 is 0 Å². The Bertz CT molecular complexity index is 866. The first kappa shape index (κ1) is 24.8. The monoisotopic (exact) mass is 516 g/mol. The van der Waals surface area contributed by atoms with Gasteiger partial charge in [-0.1, -0.05) is 12.1 Å². The molecule has 2 aromatic carbocycles. The van der Waals surface area contributed by atoms with Gasteiger partial charge in [0.2, 0.25) is 0 Å². The van der Waals surface area contributed by atoms with Crippen molar-refractivity contribution in [3.63, 3.8) is 0 Å². The molecule has 1 amide bonds. The molecule has 0 aliphatic rings. The number of halogens is 3. The smallest absolute Gasteiger partial charge is 0.251 e. The fourth-order valence-corrected chi connectivity index (χ4v) is 2.50. The molecule has 0 aliphatic carbocycles. The predicted molar refractivity (Wildman–Crippen MR) is 122 cm³/mol. The number of nitrogens with zero attached hydrogens (tertiary/aromatic N) is 1. The third-order valence-electron chi connectivity index (χ3n) is 3.82. The van der Waals surface area contributed by atoms with Crippen LogP contribution in [0.25, 0.3) is 0 Å². The Kier molecular flexibility index (Phi) is 9.48. The minimum Gasteiger partial charge on any atom is -0.352 e. The van der Waals surface area contributed by atoms with Gasteiger partial charge in [0.15, 0.2) is 5.96 Å². The van der Waals surface area contributed by atoms with Crippen LogP contribution in [0.2, 0.25) is 0 Å². The van der Waals surface area contributed by atoms with Crippen molar-refractivity contribution >= 4 is 35.8 Å². The number of carbonyl (C=O) groups excluding carboxylic acids is 1. The number of hydrogen-bond acceptors (Lipinski definition) is 2. The van der Waals surface area contributed by atoms with Crippen LogP contribution in [0.3, 0.4) is 0 Å². The molecule has 5 nitrogen and oxygen atoms in total. The zero-order valence-electron chi connectivity index (χ0n) is 17.0. The molecule has 0 atom stereocenters. The molecular weight excluding hydrogens is 489 g/mol. The van der Waals surface area contributed by atoms with Gasteiger partial charge in [0.25, 0.3) is 5.91 Å². The van der Waals surface area contributed by atoms with E-state index in [0.29, 0.717) is 18.1 Å². The van der Waals surface area contributed by atoms with Gasteiger partial charge in [-0.3, -0.25) is 9.79 Å². The molecule has 0 saturated heterocycles. The van der Waals surface area contributed by atoms with Gasteiger partial charge in [-0.15, -0.1) is 24.0 Å². The first-order chi connectivity index (χ1) is 13.2. The van der Waals surface area contributed by atoms with Crippen molar-refractivity contribution in [1.82, 2.24) is 16.0 Å². The van der Waals surface area contributed by atoms with Crippen molar-refractivity contribution in [2.75, 3.05) is 7.05 Å². The maximum Gasteiger partial charge on any atom is 0.251 e. The summed E-state index contributed by atoms with van der Waals surface area (Å²) in [6, 6.07) is 10.6. The standard InChI is InChI=1S/C21H26F2N4O.HI/c1-21(2,3)27-19(28)15-7-5-6-14(10-15)12-25-20(24-4)26-13-16-11-17(22)8-9-18(16)23;/h5-11H,12-13H2,1-4H3,(H,27,28)(H2,24,25,26);1H. The lowest BCUT2D eigenvalue weighted by Crippen LogP contribution is -2.40. The van der Waals surface area contributed by atoms with Gasteiger partial charge < -0.3 is 16.0 Å². The second-order valence-electron chi connectivity index (χ2n) is 7.42. The van der Waals surface area contributed by atoms with Crippen LogP contribution in [0.1, 0.15) is 42.3 Å². The molecule has 29 heavy (non-hydrogen) atoms. The molecular formula is C21H27F2IN4O. The fraction of sp³-hybridized carbons (Fsp3) is 0.333. The summed E-state index contributed by atoms with van der Waals surface area (Å²) >= 11 is 0. The number of rotatable bonds is 5. The first-order valence-electron chi connectivity index (χ1n) is 8.98. The summed E-state index contributed by atoms with van der Waals surface area (Å²) < 4.78 is 27.0. The first-order valence-corrected chi connectivity index (χ1v) is 8.98. The van der Waals surface area contributed by atoms with Crippen molar-refractivity contribution in [3.05, 3.63) is 70.8 Å². The molecule has 0 heterocycles. The second-order valence-corrected chi connectivity index (χ2v) is 7.42. The number of nitrogens with one attached hydrogen (secondary N) is 3. The number of carbonyl (C=O) groups is 1. The maximum atomic E-state index is 13.7. The minimum absolute atomic E-state index is 0. The SMILES string of the molecule is CN=C(NCc1cccc(C(=O)NC(C)(C)C)c1)NCc1cc(F)ccc1F.I. The molecule has 158 valence electrons. The molecule has 0 radical (unpaired) electrons. The molecule has 0 unspecified atom stereocenters. The Morgan fingerprint density at radius 3 is 2.38 bits per heavy atom. The van der Waals surface area contributed by atoms with E-state index in [9.17, 15) is 13.6 Å². The van der Waals surface area contributed by atoms with Gasteiger partial charge in [0.05, 0.1) is 0 Å².